The fourth-order valence-corrected chi connectivity index (χ4v) is 6.20. The van der Waals surface area contributed by atoms with E-state index in [0.717, 1.165) is 32.1 Å². The van der Waals surface area contributed by atoms with Gasteiger partial charge >= 0.3 is 0 Å². The lowest BCUT2D eigenvalue weighted by atomic mass is 10.1. The number of hydrogen-bond acceptors (Lipinski definition) is 6. The summed E-state index contributed by atoms with van der Waals surface area (Å²) in [7, 11) is 0. The predicted molar refractivity (Wildman–Crippen MR) is 141 cm³/mol. The van der Waals surface area contributed by atoms with Gasteiger partial charge in [0.1, 0.15) is 10.7 Å². The van der Waals surface area contributed by atoms with E-state index in [9.17, 15) is 9.59 Å². The van der Waals surface area contributed by atoms with Crippen LogP contribution in [0.4, 0.5) is 0 Å². The number of hydrogen-bond donors (Lipinski definition) is 1. The zero-order valence-corrected chi connectivity index (χ0v) is 21.2. The van der Waals surface area contributed by atoms with E-state index in [1.165, 1.54) is 23.1 Å². The summed E-state index contributed by atoms with van der Waals surface area (Å²) < 4.78 is 1.67. The third kappa shape index (κ3) is 3.86. The zero-order valence-electron chi connectivity index (χ0n) is 19.6. The molecule has 0 fully saturated rings. The molecule has 0 aliphatic rings. The largest absolute Gasteiger partial charge is 0.309 e. The molecule has 0 radical (unpaired) electrons. The number of nitrogens with one attached hydrogen (secondary N) is 1. The number of para-hydroxylation sites is 1. The maximum atomic E-state index is 13.6. The Kier molecular flexibility index (Phi) is 5.65. The van der Waals surface area contributed by atoms with E-state index in [0.29, 0.717) is 27.3 Å². The molecule has 8 heteroatoms. The van der Waals surface area contributed by atoms with E-state index < -0.39 is 0 Å². The average Bonchev–Trinajstić information content (AvgIpc) is 3.07. The smallest absolute Gasteiger partial charge is 0.266 e. The summed E-state index contributed by atoms with van der Waals surface area (Å²) in [4.78, 5) is 40.8. The topological polar surface area (TPSA) is 80.6 Å². The molecule has 0 aliphatic carbocycles. The third-order valence-corrected chi connectivity index (χ3v) is 8.10. The van der Waals surface area contributed by atoms with Gasteiger partial charge in [0.15, 0.2) is 5.16 Å². The van der Waals surface area contributed by atoms with Crippen LogP contribution in [0, 0.1) is 27.7 Å². The molecule has 1 N–H and O–H groups in total. The van der Waals surface area contributed by atoms with Gasteiger partial charge in [-0.15, -0.1) is 11.3 Å². The summed E-state index contributed by atoms with van der Waals surface area (Å²) in [6.07, 6.45) is 0. The first-order valence-corrected chi connectivity index (χ1v) is 12.7. The third-order valence-electron chi connectivity index (χ3n) is 5.93. The molecule has 0 bridgehead atoms. The quantitative estimate of drug-likeness (QED) is 0.257. The Bertz CT molecular complexity index is 1680. The van der Waals surface area contributed by atoms with Crippen molar-refractivity contribution in [2.45, 2.75) is 45.0 Å². The molecule has 0 aliphatic heterocycles. The van der Waals surface area contributed by atoms with E-state index in [1.807, 2.05) is 65.0 Å². The van der Waals surface area contributed by atoms with Crippen molar-refractivity contribution < 1.29 is 0 Å². The standard InChI is InChI=1S/C26H24N4O2S2/c1-13-10-14(2)12-18(11-13)30-25(32)19-8-6-7-9-20(19)27-26(30)34-17(5)22-28-23(31)21-15(3)16(4)33-24(21)29-22/h6-12,17H,1-5H3,(H,28,29,31). The molecule has 3 heterocycles. The van der Waals surface area contributed by atoms with Crippen molar-refractivity contribution in [2.75, 3.05) is 0 Å². The molecule has 0 spiro atoms. The molecule has 5 rings (SSSR count). The van der Waals surface area contributed by atoms with E-state index in [1.54, 1.807) is 10.6 Å². The Balaban J connectivity index is 1.67. The van der Waals surface area contributed by atoms with Crippen LogP contribution in [-0.4, -0.2) is 19.5 Å². The van der Waals surface area contributed by atoms with Crippen LogP contribution in [0.15, 0.2) is 57.2 Å². The summed E-state index contributed by atoms with van der Waals surface area (Å²) in [5, 5.41) is 1.54. The highest BCUT2D eigenvalue weighted by molar-refractivity contribution is 7.99. The van der Waals surface area contributed by atoms with Crippen molar-refractivity contribution in [2.24, 2.45) is 0 Å². The molecule has 34 heavy (non-hydrogen) atoms. The summed E-state index contributed by atoms with van der Waals surface area (Å²) in [6.45, 7) is 9.95. The van der Waals surface area contributed by atoms with Crippen molar-refractivity contribution in [3.63, 3.8) is 0 Å². The number of fused-ring (bicyclic) bond motifs is 2. The van der Waals surface area contributed by atoms with Gasteiger partial charge in [0.05, 0.1) is 27.2 Å². The van der Waals surface area contributed by atoms with Crippen LogP contribution in [-0.2, 0) is 0 Å². The van der Waals surface area contributed by atoms with Gasteiger partial charge in [-0.25, -0.2) is 9.97 Å². The van der Waals surface area contributed by atoms with Gasteiger partial charge < -0.3 is 4.98 Å². The van der Waals surface area contributed by atoms with Crippen molar-refractivity contribution in [3.05, 3.63) is 90.6 Å². The minimum Gasteiger partial charge on any atom is -0.309 e. The molecule has 6 nitrogen and oxygen atoms in total. The number of benzene rings is 2. The molecule has 5 aromatic rings. The highest BCUT2D eigenvalue weighted by Gasteiger charge is 2.20. The van der Waals surface area contributed by atoms with Crippen LogP contribution >= 0.6 is 23.1 Å². The number of aryl methyl sites for hydroxylation is 4. The molecule has 3 aromatic heterocycles. The van der Waals surface area contributed by atoms with Gasteiger partial charge in [0.2, 0.25) is 0 Å². The Morgan fingerprint density at radius 1 is 1.00 bits per heavy atom. The number of H-pyrrole nitrogens is 1. The van der Waals surface area contributed by atoms with Crippen molar-refractivity contribution >= 4 is 44.2 Å². The van der Waals surface area contributed by atoms with Crippen LogP contribution in [0.1, 0.15) is 39.6 Å². The SMILES string of the molecule is Cc1cc(C)cc(-n2c(SC(C)c3nc4sc(C)c(C)c4c(=O)[nH]3)nc3ccccc3c2=O)c1. The lowest BCUT2D eigenvalue weighted by molar-refractivity contribution is 0.808. The van der Waals surface area contributed by atoms with Crippen molar-refractivity contribution in [1.82, 2.24) is 19.5 Å². The molecule has 0 saturated carbocycles. The lowest BCUT2D eigenvalue weighted by Gasteiger charge is -2.17. The van der Waals surface area contributed by atoms with E-state index >= 15 is 0 Å². The van der Waals surface area contributed by atoms with Gasteiger partial charge in [-0.2, -0.15) is 0 Å². The molecule has 1 unspecified atom stereocenters. The minimum atomic E-state index is -0.231. The second-order valence-electron chi connectivity index (χ2n) is 8.57. The van der Waals surface area contributed by atoms with Crippen LogP contribution in [0.5, 0.6) is 0 Å². The average molecular weight is 489 g/mol. The highest BCUT2D eigenvalue weighted by Crippen LogP contribution is 2.35. The number of aromatic nitrogens is 4. The predicted octanol–water partition coefficient (Wildman–Crippen LogP) is 5.77. The number of aromatic amines is 1. The Labute approximate surface area is 204 Å². The Hall–Kier alpha value is -3.23. The Morgan fingerprint density at radius 2 is 1.71 bits per heavy atom. The second kappa shape index (κ2) is 8.52. The van der Waals surface area contributed by atoms with E-state index in [4.69, 9.17) is 9.97 Å². The van der Waals surface area contributed by atoms with Crippen LogP contribution in [0.2, 0.25) is 0 Å². The number of nitrogens with zero attached hydrogens (tertiary/aromatic N) is 3. The summed E-state index contributed by atoms with van der Waals surface area (Å²) in [6, 6.07) is 13.4. The monoisotopic (exact) mass is 488 g/mol. The highest BCUT2D eigenvalue weighted by atomic mass is 32.2. The van der Waals surface area contributed by atoms with Gasteiger partial charge in [-0.05, 0) is 75.6 Å². The fraction of sp³-hybridized carbons (Fsp3) is 0.231. The molecular formula is C26H24N4O2S2. The zero-order chi connectivity index (χ0) is 24.1. The van der Waals surface area contributed by atoms with E-state index in [-0.39, 0.29) is 16.4 Å². The van der Waals surface area contributed by atoms with Gasteiger partial charge in [-0.3, -0.25) is 14.2 Å². The number of thiophene rings is 1. The van der Waals surface area contributed by atoms with Gasteiger partial charge in [0.25, 0.3) is 11.1 Å². The molecule has 172 valence electrons. The Morgan fingerprint density at radius 3 is 2.44 bits per heavy atom. The maximum absolute atomic E-state index is 13.6. The fourth-order valence-electron chi connectivity index (χ4n) is 4.18. The normalized spacial score (nSPS) is 12.5. The molecule has 2 aromatic carbocycles. The first-order chi connectivity index (χ1) is 16.2. The number of rotatable bonds is 4. The second-order valence-corrected chi connectivity index (χ2v) is 11.1. The maximum Gasteiger partial charge on any atom is 0.266 e. The summed E-state index contributed by atoms with van der Waals surface area (Å²) in [5.41, 5.74) is 4.28. The number of thioether (sulfide) groups is 1. The molecule has 0 saturated heterocycles. The first-order valence-electron chi connectivity index (χ1n) is 11.0. The van der Waals surface area contributed by atoms with E-state index in [2.05, 4.69) is 11.1 Å². The summed E-state index contributed by atoms with van der Waals surface area (Å²) in [5.74, 6) is 0.568. The first kappa shape index (κ1) is 22.6. The van der Waals surface area contributed by atoms with Crippen molar-refractivity contribution in [3.8, 4) is 5.69 Å². The van der Waals surface area contributed by atoms with Gasteiger partial charge in [-0.1, -0.05) is 30.0 Å². The lowest BCUT2D eigenvalue weighted by Crippen LogP contribution is -2.22. The summed E-state index contributed by atoms with van der Waals surface area (Å²) >= 11 is 2.94. The van der Waals surface area contributed by atoms with Gasteiger partial charge in [0, 0.05) is 4.88 Å². The van der Waals surface area contributed by atoms with Crippen LogP contribution < -0.4 is 11.1 Å². The molecule has 1 atom stereocenters. The minimum absolute atomic E-state index is 0.119. The molecular weight excluding hydrogens is 464 g/mol. The molecule has 0 amide bonds. The van der Waals surface area contributed by atoms with Crippen molar-refractivity contribution in [1.29, 1.82) is 0 Å². The van der Waals surface area contributed by atoms with Crippen LogP contribution in [0.3, 0.4) is 0 Å². The van der Waals surface area contributed by atoms with Crippen LogP contribution in [0.25, 0.3) is 26.8 Å².